The van der Waals surface area contributed by atoms with Crippen molar-refractivity contribution in [1.82, 2.24) is 15.5 Å². The number of carboxylic acids is 1. The summed E-state index contributed by atoms with van der Waals surface area (Å²) in [7, 11) is 1.66. The third-order valence-corrected chi connectivity index (χ3v) is 5.21. The Morgan fingerprint density at radius 1 is 1.11 bits per heavy atom. The van der Waals surface area contributed by atoms with Crippen LogP contribution in [-0.2, 0) is 28.5 Å². The van der Waals surface area contributed by atoms with E-state index in [4.69, 9.17) is 37.6 Å². The van der Waals surface area contributed by atoms with E-state index < -0.39 is 68.7 Å². The van der Waals surface area contributed by atoms with Crippen LogP contribution in [0.1, 0.15) is 43.5 Å². The van der Waals surface area contributed by atoms with Crippen LogP contribution in [0.5, 0.6) is 0 Å². The maximum absolute atomic E-state index is 12.6. The molecule has 0 radical (unpaired) electrons. The summed E-state index contributed by atoms with van der Waals surface area (Å²) in [6, 6.07) is 4.33. The number of nitrogens with one attached hydrogen (secondary N) is 2. The van der Waals surface area contributed by atoms with Crippen molar-refractivity contribution in [2.45, 2.75) is 39.1 Å². The van der Waals surface area contributed by atoms with Gasteiger partial charge in [0.15, 0.2) is 0 Å². The molecule has 0 unspecified atom stereocenters. The molecule has 3 N–H and O–H groups in total. The molecule has 0 bridgehead atoms. The lowest BCUT2D eigenvalue weighted by molar-refractivity contribution is -0.143. The van der Waals surface area contributed by atoms with Crippen LogP contribution in [0.4, 0.5) is 0 Å². The van der Waals surface area contributed by atoms with Gasteiger partial charge in [0, 0.05) is 19.1 Å². The summed E-state index contributed by atoms with van der Waals surface area (Å²) in [5.41, 5.74) is 0.0893. The van der Waals surface area contributed by atoms with Crippen LogP contribution in [-0.4, -0.2) is 80.0 Å². The topological polar surface area (TPSA) is 151 Å². The SMILES string of the molecule is CC(C)C[C@H](NC(=O)CNC(=O)c1cc(Cl)ccc1Cl)B(OCC(=O)N(C)C)OC(=O)CCC(=O)O. The number of carbonyl (C=O) groups excluding carboxylic acids is 4. The number of benzene rings is 1. The van der Waals surface area contributed by atoms with E-state index in [1.165, 1.54) is 37.2 Å². The lowest BCUT2D eigenvalue weighted by Gasteiger charge is -2.26. The highest BCUT2D eigenvalue weighted by atomic mass is 35.5. The molecule has 0 spiro atoms. The van der Waals surface area contributed by atoms with Gasteiger partial charge in [0.25, 0.3) is 11.9 Å². The van der Waals surface area contributed by atoms with E-state index in [0.717, 1.165) is 0 Å². The number of amides is 3. The Balaban J connectivity index is 2.94. The maximum Gasteiger partial charge on any atom is 0.551 e. The normalized spacial score (nSPS) is 11.4. The average molecular weight is 546 g/mol. The number of halogens is 2. The zero-order chi connectivity index (χ0) is 27.4. The lowest BCUT2D eigenvalue weighted by Crippen LogP contribution is -2.53. The third-order valence-electron chi connectivity index (χ3n) is 4.64. The molecule has 0 aromatic heterocycles. The zero-order valence-electron chi connectivity index (χ0n) is 20.5. The Labute approximate surface area is 219 Å². The van der Waals surface area contributed by atoms with Gasteiger partial charge in [0.2, 0.25) is 11.8 Å². The molecule has 0 saturated carbocycles. The first-order valence-corrected chi connectivity index (χ1v) is 11.8. The standard InChI is InChI=1S/C22H30BCl2N3O8/c1-13(2)9-17(23(35-12-19(30)28(3)4)36-21(33)8-7-20(31)32)27-18(29)11-26-22(34)15-10-14(24)5-6-16(15)25/h5-6,10,13,17H,7-9,11-12H2,1-4H3,(H,26,34)(H,27,29)(H,31,32)/t17-/m0/s1. The number of carboxylic acid groups (broad SMARTS) is 1. The first kappa shape index (κ1) is 31.2. The molecule has 0 saturated heterocycles. The summed E-state index contributed by atoms with van der Waals surface area (Å²) in [5, 5.41) is 14.3. The van der Waals surface area contributed by atoms with Crippen LogP contribution in [0.15, 0.2) is 18.2 Å². The van der Waals surface area contributed by atoms with Gasteiger partial charge >= 0.3 is 13.1 Å². The average Bonchev–Trinajstić information content (AvgIpc) is 2.79. The summed E-state index contributed by atoms with van der Waals surface area (Å²) >= 11 is 11.9. The van der Waals surface area contributed by atoms with Crippen molar-refractivity contribution in [3.8, 4) is 0 Å². The van der Waals surface area contributed by atoms with Gasteiger partial charge in [-0.05, 0) is 30.5 Å². The fourth-order valence-corrected chi connectivity index (χ4v) is 3.22. The smallest absolute Gasteiger partial charge is 0.508 e. The first-order valence-electron chi connectivity index (χ1n) is 11.1. The van der Waals surface area contributed by atoms with Gasteiger partial charge in [-0.1, -0.05) is 37.0 Å². The number of aliphatic carboxylic acids is 1. The summed E-state index contributed by atoms with van der Waals surface area (Å²) in [4.78, 5) is 61.3. The molecule has 0 aliphatic carbocycles. The quantitative estimate of drug-likeness (QED) is 0.299. The van der Waals surface area contributed by atoms with Crippen LogP contribution in [0.3, 0.4) is 0 Å². The first-order chi connectivity index (χ1) is 16.8. The van der Waals surface area contributed by atoms with Gasteiger partial charge in [-0.2, -0.15) is 0 Å². The predicted molar refractivity (Wildman–Crippen MR) is 134 cm³/mol. The van der Waals surface area contributed by atoms with Crippen molar-refractivity contribution in [2.24, 2.45) is 5.92 Å². The predicted octanol–water partition coefficient (Wildman–Crippen LogP) is 1.79. The summed E-state index contributed by atoms with van der Waals surface area (Å²) in [6.07, 6.45) is -0.593. The second-order valence-corrected chi connectivity index (χ2v) is 9.31. The molecule has 1 aromatic rings. The fraction of sp³-hybridized carbons (Fsp3) is 0.500. The number of carbonyl (C=O) groups is 5. The van der Waals surface area contributed by atoms with E-state index in [1.54, 1.807) is 0 Å². The minimum Gasteiger partial charge on any atom is -0.508 e. The van der Waals surface area contributed by atoms with Crippen LogP contribution in [0, 0.1) is 5.92 Å². The molecule has 3 amide bonds. The minimum absolute atomic E-state index is 0.00327. The lowest BCUT2D eigenvalue weighted by atomic mass is 9.73. The van der Waals surface area contributed by atoms with Crippen molar-refractivity contribution in [3.05, 3.63) is 33.8 Å². The summed E-state index contributed by atoms with van der Waals surface area (Å²) in [5.74, 6) is -4.61. The Morgan fingerprint density at radius 2 is 1.78 bits per heavy atom. The van der Waals surface area contributed by atoms with E-state index in [2.05, 4.69) is 10.6 Å². The van der Waals surface area contributed by atoms with E-state index >= 15 is 0 Å². The Hall–Kier alpha value is -2.83. The molecule has 14 heteroatoms. The van der Waals surface area contributed by atoms with Gasteiger partial charge in [-0.15, -0.1) is 0 Å². The van der Waals surface area contributed by atoms with E-state index in [-0.39, 0.29) is 22.9 Å². The van der Waals surface area contributed by atoms with Gasteiger partial charge in [0.05, 0.1) is 35.9 Å². The zero-order valence-corrected chi connectivity index (χ0v) is 22.0. The molecule has 11 nitrogen and oxygen atoms in total. The van der Waals surface area contributed by atoms with Gasteiger partial charge in [-0.25, -0.2) is 0 Å². The number of rotatable bonds is 14. The van der Waals surface area contributed by atoms with Crippen LogP contribution in [0.25, 0.3) is 0 Å². The number of likely N-dealkylation sites (N-methyl/N-ethyl adjacent to an activating group) is 1. The van der Waals surface area contributed by atoms with Crippen molar-refractivity contribution in [1.29, 1.82) is 0 Å². The molecule has 36 heavy (non-hydrogen) atoms. The highest BCUT2D eigenvalue weighted by Crippen LogP contribution is 2.20. The van der Waals surface area contributed by atoms with Crippen molar-refractivity contribution in [3.63, 3.8) is 0 Å². The maximum atomic E-state index is 12.6. The number of nitrogens with zero attached hydrogens (tertiary/aromatic N) is 1. The minimum atomic E-state index is -1.38. The molecule has 0 aliphatic rings. The Bertz CT molecular complexity index is 961. The molecule has 0 heterocycles. The number of hydrogen-bond acceptors (Lipinski definition) is 7. The second kappa shape index (κ2) is 15.3. The Morgan fingerprint density at radius 3 is 2.36 bits per heavy atom. The molecule has 1 aromatic carbocycles. The van der Waals surface area contributed by atoms with Crippen molar-refractivity contribution in [2.75, 3.05) is 27.2 Å². The van der Waals surface area contributed by atoms with Crippen molar-refractivity contribution >= 4 is 60.0 Å². The van der Waals surface area contributed by atoms with E-state index in [0.29, 0.717) is 5.02 Å². The highest BCUT2D eigenvalue weighted by Gasteiger charge is 2.36. The molecule has 198 valence electrons. The van der Waals surface area contributed by atoms with Gasteiger partial charge < -0.3 is 29.9 Å². The number of hydrogen-bond donors (Lipinski definition) is 3. The van der Waals surface area contributed by atoms with E-state index in [1.807, 2.05) is 13.8 Å². The molecular formula is C22H30BCl2N3O8. The summed E-state index contributed by atoms with van der Waals surface area (Å²) in [6.45, 7) is 2.83. The fourth-order valence-electron chi connectivity index (χ4n) is 2.84. The van der Waals surface area contributed by atoms with Gasteiger partial charge in [0.1, 0.15) is 6.61 Å². The summed E-state index contributed by atoms with van der Waals surface area (Å²) < 4.78 is 10.8. The van der Waals surface area contributed by atoms with Crippen LogP contribution in [0.2, 0.25) is 10.0 Å². The third kappa shape index (κ3) is 11.7. The Kier molecular flexibility index (Phi) is 13.3. The molecule has 0 aliphatic heterocycles. The second-order valence-electron chi connectivity index (χ2n) is 8.46. The highest BCUT2D eigenvalue weighted by molar-refractivity contribution is 6.49. The monoisotopic (exact) mass is 545 g/mol. The molecule has 1 rings (SSSR count). The van der Waals surface area contributed by atoms with Crippen LogP contribution < -0.4 is 10.6 Å². The van der Waals surface area contributed by atoms with Crippen molar-refractivity contribution < 1.29 is 38.4 Å². The molecule has 0 fully saturated rings. The van der Waals surface area contributed by atoms with E-state index in [9.17, 15) is 24.0 Å². The van der Waals surface area contributed by atoms with Gasteiger partial charge in [-0.3, -0.25) is 24.0 Å². The molecule has 1 atom stereocenters. The molecular weight excluding hydrogens is 516 g/mol. The largest absolute Gasteiger partial charge is 0.551 e. The van der Waals surface area contributed by atoms with Crippen LogP contribution >= 0.6 is 23.2 Å².